The van der Waals surface area contributed by atoms with Crippen LogP contribution in [-0.2, 0) is 12.8 Å². The van der Waals surface area contributed by atoms with E-state index in [1.807, 2.05) is 19.2 Å². The largest absolute Gasteiger partial charge is 0.869 e. The Bertz CT molecular complexity index is 964. The monoisotopic (exact) mass is 385 g/mol. The number of benzene rings is 2. The smallest absolute Gasteiger partial charge is 0.335 e. The van der Waals surface area contributed by atoms with Crippen LogP contribution in [0.2, 0.25) is 0 Å². The maximum Gasteiger partial charge on any atom is 0.335 e. The van der Waals surface area contributed by atoms with E-state index in [1.54, 1.807) is 20.3 Å². The van der Waals surface area contributed by atoms with Gasteiger partial charge in [-0.05, 0) is 29.3 Å². The van der Waals surface area contributed by atoms with E-state index in [4.69, 9.17) is 14.2 Å². The van der Waals surface area contributed by atoms with Crippen LogP contribution >= 0.6 is 0 Å². The van der Waals surface area contributed by atoms with Gasteiger partial charge in [0.15, 0.2) is 17.2 Å². The maximum absolute atomic E-state index is 12.4. The molecule has 0 saturated heterocycles. The summed E-state index contributed by atoms with van der Waals surface area (Å²) >= 11 is 0. The Morgan fingerprint density at radius 3 is 2.36 bits per heavy atom. The zero-order valence-electron chi connectivity index (χ0n) is 16.4. The molecular weight excluding hydrogens is 362 g/mol. The summed E-state index contributed by atoms with van der Waals surface area (Å²) in [7, 11) is 6.47. The SMILES string of the molecule is COc1cc2c(cc1OC)C(Cc1ccc(OC)c([O-])c1C(=O)O)=[N+](C)CC2. The summed E-state index contributed by atoms with van der Waals surface area (Å²) in [6.45, 7) is 0.778. The number of hydrogen-bond acceptors (Lipinski definition) is 5. The van der Waals surface area contributed by atoms with E-state index in [2.05, 4.69) is 4.58 Å². The van der Waals surface area contributed by atoms with Crippen LogP contribution in [0.1, 0.15) is 27.0 Å². The highest BCUT2D eigenvalue weighted by Gasteiger charge is 2.28. The summed E-state index contributed by atoms with van der Waals surface area (Å²) in [5, 5.41) is 22.0. The average molecular weight is 385 g/mol. The minimum absolute atomic E-state index is 0.0231. The number of aromatic carboxylic acids is 1. The number of carbonyl (C=O) groups is 1. The van der Waals surface area contributed by atoms with E-state index in [1.165, 1.54) is 13.2 Å². The molecule has 28 heavy (non-hydrogen) atoms. The molecule has 1 aliphatic heterocycles. The average Bonchev–Trinajstić information content (AvgIpc) is 2.68. The van der Waals surface area contributed by atoms with Crippen LogP contribution in [0.5, 0.6) is 23.0 Å². The van der Waals surface area contributed by atoms with E-state index < -0.39 is 11.7 Å². The van der Waals surface area contributed by atoms with Crippen molar-refractivity contribution < 1.29 is 33.8 Å². The molecule has 0 aromatic heterocycles. The molecule has 0 unspecified atom stereocenters. The molecule has 2 aromatic carbocycles. The molecule has 7 nitrogen and oxygen atoms in total. The second kappa shape index (κ2) is 7.80. The molecular formula is C21H23NO6. The fraction of sp³-hybridized carbons (Fsp3) is 0.333. The van der Waals surface area contributed by atoms with Crippen LogP contribution in [0, 0.1) is 0 Å². The van der Waals surface area contributed by atoms with Crippen molar-refractivity contribution in [2.45, 2.75) is 12.8 Å². The molecule has 3 rings (SSSR count). The second-order valence-electron chi connectivity index (χ2n) is 6.60. The van der Waals surface area contributed by atoms with Crippen LogP contribution in [0.15, 0.2) is 24.3 Å². The third kappa shape index (κ3) is 3.35. The molecule has 1 heterocycles. The van der Waals surface area contributed by atoms with Gasteiger partial charge < -0.3 is 24.4 Å². The van der Waals surface area contributed by atoms with Gasteiger partial charge in [-0.2, -0.15) is 0 Å². The first-order chi connectivity index (χ1) is 13.4. The number of fused-ring (bicyclic) bond motifs is 1. The molecule has 1 aliphatic rings. The highest BCUT2D eigenvalue weighted by Crippen LogP contribution is 2.34. The van der Waals surface area contributed by atoms with Gasteiger partial charge in [-0.1, -0.05) is 11.8 Å². The fourth-order valence-electron chi connectivity index (χ4n) is 3.58. The summed E-state index contributed by atoms with van der Waals surface area (Å²) in [5.74, 6) is -0.589. The van der Waals surface area contributed by atoms with Crippen molar-refractivity contribution in [1.29, 1.82) is 0 Å². The number of likely N-dealkylation sites (N-methyl/N-ethyl adjacent to an activating group) is 1. The van der Waals surface area contributed by atoms with Crippen molar-refractivity contribution in [2.75, 3.05) is 34.9 Å². The summed E-state index contributed by atoms with van der Waals surface area (Å²) in [5.41, 5.74) is 3.18. The molecule has 0 atom stereocenters. The molecule has 0 amide bonds. The molecule has 1 N–H and O–H groups in total. The summed E-state index contributed by atoms with van der Waals surface area (Å²) in [6.07, 6.45) is 1.14. The van der Waals surface area contributed by atoms with Crippen molar-refractivity contribution in [1.82, 2.24) is 0 Å². The highest BCUT2D eigenvalue weighted by atomic mass is 16.5. The van der Waals surface area contributed by atoms with E-state index in [-0.39, 0.29) is 11.3 Å². The first kappa shape index (κ1) is 19.5. The van der Waals surface area contributed by atoms with Gasteiger partial charge in [-0.25, -0.2) is 9.37 Å². The molecule has 2 aromatic rings. The van der Waals surface area contributed by atoms with Gasteiger partial charge in [0, 0.05) is 12.0 Å². The lowest BCUT2D eigenvalue weighted by molar-refractivity contribution is -0.498. The molecule has 0 aliphatic carbocycles. The molecule has 148 valence electrons. The van der Waals surface area contributed by atoms with E-state index in [0.29, 0.717) is 23.5 Å². The van der Waals surface area contributed by atoms with Gasteiger partial charge in [0.25, 0.3) is 0 Å². The van der Waals surface area contributed by atoms with Crippen LogP contribution in [0.4, 0.5) is 0 Å². The van der Waals surface area contributed by atoms with Crippen LogP contribution < -0.4 is 19.3 Å². The number of methoxy groups -OCH3 is 3. The standard InChI is InChI=1S/C21H23NO6/c1-22-8-7-12-10-17(27-3)18(28-4)11-14(12)15(22)9-13-5-6-16(26-2)20(23)19(13)21(24)25/h5-6,10-11H,7-9H2,1-4H3,(H-,23,24,25). The Kier molecular flexibility index (Phi) is 5.44. The predicted octanol–water partition coefficient (Wildman–Crippen LogP) is 1.71. The quantitative estimate of drug-likeness (QED) is 0.762. The molecule has 0 fully saturated rings. The van der Waals surface area contributed by atoms with Crippen LogP contribution in [-0.4, -0.2) is 56.3 Å². The van der Waals surface area contributed by atoms with E-state index >= 15 is 0 Å². The summed E-state index contributed by atoms with van der Waals surface area (Å²) in [6, 6.07) is 7.01. The Morgan fingerprint density at radius 2 is 1.75 bits per heavy atom. The Balaban J connectivity index is 2.11. The molecule has 0 bridgehead atoms. The Hall–Kier alpha value is -3.22. The highest BCUT2D eigenvalue weighted by molar-refractivity contribution is 6.03. The number of nitrogens with zero attached hydrogens (tertiary/aromatic N) is 1. The van der Waals surface area contributed by atoms with Crippen molar-refractivity contribution in [3.05, 3.63) is 46.5 Å². The van der Waals surface area contributed by atoms with Crippen LogP contribution in [0.25, 0.3) is 0 Å². The van der Waals surface area contributed by atoms with Crippen molar-refractivity contribution in [3.8, 4) is 23.0 Å². The lowest BCUT2D eigenvalue weighted by atomic mass is 9.90. The Labute approximate surface area is 163 Å². The van der Waals surface area contributed by atoms with Gasteiger partial charge in [0.2, 0.25) is 0 Å². The van der Waals surface area contributed by atoms with Crippen molar-refractivity contribution in [2.24, 2.45) is 0 Å². The zero-order valence-corrected chi connectivity index (χ0v) is 16.4. The molecule has 0 saturated carbocycles. The van der Waals surface area contributed by atoms with Gasteiger partial charge in [0.05, 0.1) is 33.3 Å². The maximum atomic E-state index is 12.4. The lowest BCUT2D eigenvalue weighted by Gasteiger charge is -2.22. The number of carboxylic acid groups (broad SMARTS) is 1. The van der Waals surface area contributed by atoms with Gasteiger partial charge in [0.1, 0.15) is 19.3 Å². The first-order valence-electron chi connectivity index (χ1n) is 8.83. The summed E-state index contributed by atoms with van der Waals surface area (Å²) < 4.78 is 17.9. The van der Waals surface area contributed by atoms with E-state index in [0.717, 1.165) is 29.8 Å². The van der Waals surface area contributed by atoms with Crippen LogP contribution in [0.3, 0.4) is 0 Å². The number of hydrogen-bond donors (Lipinski definition) is 1. The van der Waals surface area contributed by atoms with Gasteiger partial charge in [-0.15, -0.1) is 0 Å². The van der Waals surface area contributed by atoms with Crippen molar-refractivity contribution in [3.63, 3.8) is 0 Å². The first-order valence-corrected chi connectivity index (χ1v) is 8.83. The lowest BCUT2D eigenvalue weighted by Crippen LogP contribution is -2.29. The van der Waals surface area contributed by atoms with Gasteiger partial charge in [-0.3, -0.25) is 0 Å². The number of ether oxygens (including phenoxy) is 3. The van der Waals surface area contributed by atoms with Crippen molar-refractivity contribution >= 4 is 11.7 Å². The second-order valence-corrected chi connectivity index (χ2v) is 6.60. The molecule has 0 spiro atoms. The Morgan fingerprint density at radius 1 is 1.11 bits per heavy atom. The zero-order chi connectivity index (χ0) is 20.4. The normalized spacial score (nSPS) is 13.1. The minimum atomic E-state index is -1.26. The third-order valence-corrected chi connectivity index (χ3v) is 5.10. The number of rotatable bonds is 6. The fourth-order valence-corrected chi connectivity index (χ4v) is 3.58. The van der Waals surface area contributed by atoms with Gasteiger partial charge >= 0.3 is 5.97 Å². The number of carboxylic acids is 1. The third-order valence-electron chi connectivity index (χ3n) is 5.10. The predicted molar refractivity (Wildman–Crippen MR) is 102 cm³/mol. The topological polar surface area (TPSA) is 91.1 Å². The minimum Gasteiger partial charge on any atom is -0.869 e. The van der Waals surface area contributed by atoms with E-state index in [9.17, 15) is 15.0 Å². The summed E-state index contributed by atoms with van der Waals surface area (Å²) in [4.78, 5) is 11.7. The molecule has 0 radical (unpaired) electrons. The molecule has 7 heteroatoms.